The Kier molecular flexibility index (Phi) is 7.11. The summed E-state index contributed by atoms with van der Waals surface area (Å²) in [6, 6.07) is 10.8. The number of nitrogens with zero attached hydrogens (tertiary/aromatic N) is 2. The maximum atomic E-state index is 12.6. The number of morpholine rings is 1. The van der Waals surface area contributed by atoms with E-state index in [1.54, 1.807) is 6.07 Å². The molecule has 0 radical (unpaired) electrons. The van der Waals surface area contributed by atoms with Gasteiger partial charge in [-0.3, -0.25) is 19.5 Å². The van der Waals surface area contributed by atoms with Crippen LogP contribution in [0.25, 0.3) is 0 Å². The van der Waals surface area contributed by atoms with Gasteiger partial charge in [-0.15, -0.1) is 0 Å². The molecule has 2 N–H and O–H groups in total. The SMILES string of the molecule is CCc1ccccc1NC(=O)c1ccnc(C(=O)NCCN2CCOCC2)c1. The molecule has 2 amide bonds. The summed E-state index contributed by atoms with van der Waals surface area (Å²) in [6.45, 7) is 6.55. The van der Waals surface area contributed by atoms with Gasteiger partial charge in [0.2, 0.25) is 0 Å². The smallest absolute Gasteiger partial charge is 0.269 e. The molecule has 0 saturated carbocycles. The number of benzene rings is 1. The molecule has 1 aliphatic rings. The van der Waals surface area contributed by atoms with E-state index in [0.29, 0.717) is 12.1 Å². The fourth-order valence-electron chi connectivity index (χ4n) is 3.08. The predicted molar refractivity (Wildman–Crippen MR) is 108 cm³/mol. The van der Waals surface area contributed by atoms with Crippen LogP contribution < -0.4 is 10.6 Å². The van der Waals surface area contributed by atoms with E-state index < -0.39 is 0 Å². The molecule has 7 nitrogen and oxygen atoms in total. The lowest BCUT2D eigenvalue weighted by molar-refractivity contribution is 0.0383. The van der Waals surface area contributed by atoms with Crippen molar-refractivity contribution < 1.29 is 14.3 Å². The van der Waals surface area contributed by atoms with Gasteiger partial charge in [0, 0.05) is 43.6 Å². The zero-order chi connectivity index (χ0) is 19.8. The molecule has 1 aromatic heterocycles. The Hall–Kier alpha value is -2.77. The monoisotopic (exact) mass is 382 g/mol. The van der Waals surface area contributed by atoms with E-state index in [0.717, 1.165) is 50.5 Å². The molecule has 2 heterocycles. The Bertz CT molecular complexity index is 819. The molecular formula is C21H26N4O3. The van der Waals surface area contributed by atoms with Crippen LogP contribution in [0.2, 0.25) is 0 Å². The van der Waals surface area contributed by atoms with Gasteiger partial charge in [-0.2, -0.15) is 0 Å². The summed E-state index contributed by atoms with van der Waals surface area (Å²) in [5, 5.41) is 5.78. The second kappa shape index (κ2) is 9.96. The van der Waals surface area contributed by atoms with Gasteiger partial charge in [-0.05, 0) is 30.2 Å². The fourth-order valence-corrected chi connectivity index (χ4v) is 3.08. The topological polar surface area (TPSA) is 83.6 Å². The molecule has 2 aromatic rings. The lowest BCUT2D eigenvalue weighted by atomic mass is 10.1. The summed E-state index contributed by atoms with van der Waals surface area (Å²) in [5.74, 6) is -0.539. The molecule has 0 bridgehead atoms. The van der Waals surface area contributed by atoms with E-state index in [2.05, 4.69) is 20.5 Å². The Morgan fingerprint density at radius 2 is 1.93 bits per heavy atom. The maximum Gasteiger partial charge on any atom is 0.269 e. The number of hydrogen-bond donors (Lipinski definition) is 2. The fraction of sp³-hybridized carbons (Fsp3) is 0.381. The van der Waals surface area contributed by atoms with Crippen molar-refractivity contribution in [2.45, 2.75) is 13.3 Å². The number of carbonyl (C=O) groups excluding carboxylic acids is 2. The van der Waals surface area contributed by atoms with Crippen molar-refractivity contribution in [3.63, 3.8) is 0 Å². The van der Waals surface area contributed by atoms with Crippen LogP contribution in [0.4, 0.5) is 5.69 Å². The molecular weight excluding hydrogens is 356 g/mol. The van der Waals surface area contributed by atoms with Crippen molar-refractivity contribution in [3.05, 3.63) is 59.4 Å². The summed E-state index contributed by atoms with van der Waals surface area (Å²) < 4.78 is 5.31. The summed E-state index contributed by atoms with van der Waals surface area (Å²) in [7, 11) is 0. The lowest BCUT2D eigenvalue weighted by Gasteiger charge is -2.26. The largest absolute Gasteiger partial charge is 0.379 e. The van der Waals surface area contributed by atoms with Crippen LogP contribution in [0, 0.1) is 0 Å². The number of aromatic nitrogens is 1. The molecule has 28 heavy (non-hydrogen) atoms. The van der Waals surface area contributed by atoms with E-state index in [1.165, 1.54) is 12.3 Å². The van der Waals surface area contributed by atoms with E-state index >= 15 is 0 Å². The Balaban J connectivity index is 1.57. The molecule has 7 heteroatoms. The Labute approximate surface area is 165 Å². The van der Waals surface area contributed by atoms with Crippen molar-refractivity contribution in [2.24, 2.45) is 0 Å². The van der Waals surface area contributed by atoms with Crippen molar-refractivity contribution >= 4 is 17.5 Å². The molecule has 0 unspecified atom stereocenters. The van der Waals surface area contributed by atoms with Gasteiger partial charge >= 0.3 is 0 Å². The summed E-state index contributed by atoms with van der Waals surface area (Å²) in [6.07, 6.45) is 2.31. The first-order chi connectivity index (χ1) is 13.7. The minimum absolute atomic E-state index is 0.235. The van der Waals surface area contributed by atoms with Gasteiger partial charge in [0.05, 0.1) is 13.2 Å². The number of para-hydroxylation sites is 1. The molecule has 0 spiro atoms. The number of ether oxygens (including phenoxy) is 1. The molecule has 0 aliphatic carbocycles. The number of carbonyl (C=O) groups is 2. The number of pyridine rings is 1. The van der Waals surface area contributed by atoms with Crippen molar-refractivity contribution in [3.8, 4) is 0 Å². The van der Waals surface area contributed by atoms with E-state index in [9.17, 15) is 9.59 Å². The van der Waals surface area contributed by atoms with Crippen molar-refractivity contribution in [2.75, 3.05) is 44.7 Å². The Morgan fingerprint density at radius 3 is 2.71 bits per heavy atom. The zero-order valence-corrected chi connectivity index (χ0v) is 16.1. The van der Waals surface area contributed by atoms with Crippen LogP contribution in [0.1, 0.15) is 33.3 Å². The third-order valence-electron chi connectivity index (χ3n) is 4.72. The number of anilines is 1. The third-order valence-corrected chi connectivity index (χ3v) is 4.72. The van der Waals surface area contributed by atoms with Crippen LogP contribution in [0.3, 0.4) is 0 Å². The average molecular weight is 382 g/mol. The number of rotatable bonds is 7. The molecule has 3 rings (SSSR count). The summed E-state index contributed by atoms with van der Waals surface area (Å²) >= 11 is 0. The standard InChI is InChI=1S/C21H26N4O3/c1-2-16-5-3-4-6-18(16)24-20(26)17-7-8-22-19(15-17)21(27)23-9-10-25-11-13-28-14-12-25/h3-8,15H,2,9-14H2,1H3,(H,23,27)(H,24,26). The normalized spacial score (nSPS) is 14.5. The average Bonchev–Trinajstić information content (AvgIpc) is 2.75. The van der Waals surface area contributed by atoms with E-state index in [4.69, 9.17) is 4.74 Å². The lowest BCUT2D eigenvalue weighted by Crippen LogP contribution is -2.41. The molecule has 1 aliphatic heterocycles. The summed E-state index contributed by atoms with van der Waals surface area (Å²) in [4.78, 5) is 31.3. The highest BCUT2D eigenvalue weighted by molar-refractivity contribution is 6.06. The number of nitrogens with one attached hydrogen (secondary N) is 2. The molecule has 1 saturated heterocycles. The summed E-state index contributed by atoms with van der Waals surface area (Å²) in [5.41, 5.74) is 2.48. The first-order valence-corrected chi connectivity index (χ1v) is 9.61. The van der Waals surface area contributed by atoms with Crippen LogP contribution in [-0.2, 0) is 11.2 Å². The highest BCUT2D eigenvalue weighted by Gasteiger charge is 2.14. The van der Waals surface area contributed by atoms with Crippen molar-refractivity contribution in [1.82, 2.24) is 15.2 Å². The molecule has 0 atom stereocenters. The second-order valence-electron chi connectivity index (χ2n) is 6.60. The second-order valence-corrected chi connectivity index (χ2v) is 6.60. The first-order valence-electron chi connectivity index (χ1n) is 9.61. The van der Waals surface area contributed by atoms with Crippen LogP contribution in [0.5, 0.6) is 0 Å². The third kappa shape index (κ3) is 5.37. The van der Waals surface area contributed by atoms with Gasteiger partial charge in [-0.25, -0.2) is 0 Å². The van der Waals surface area contributed by atoms with Gasteiger partial charge in [0.15, 0.2) is 0 Å². The zero-order valence-electron chi connectivity index (χ0n) is 16.1. The van der Waals surface area contributed by atoms with Gasteiger partial charge < -0.3 is 15.4 Å². The maximum absolute atomic E-state index is 12.6. The van der Waals surface area contributed by atoms with E-state index in [1.807, 2.05) is 31.2 Å². The predicted octanol–water partition coefficient (Wildman–Crippen LogP) is 1.96. The molecule has 148 valence electrons. The molecule has 1 aromatic carbocycles. The van der Waals surface area contributed by atoms with Crippen LogP contribution in [-0.4, -0.2) is 61.1 Å². The molecule has 1 fully saturated rings. The Morgan fingerprint density at radius 1 is 1.14 bits per heavy atom. The van der Waals surface area contributed by atoms with E-state index in [-0.39, 0.29) is 17.5 Å². The quantitative estimate of drug-likeness (QED) is 0.765. The highest BCUT2D eigenvalue weighted by atomic mass is 16.5. The number of amides is 2. The first kappa shape index (κ1) is 20.0. The minimum Gasteiger partial charge on any atom is -0.379 e. The minimum atomic E-state index is -0.281. The van der Waals surface area contributed by atoms with Gasteiger partial charge in [-0.1, -0.05) is 25.1 Å². The number of aryl methyl sites for hydroxylation is 1. The van der Waals surface area contributed by atoms with Crippen LogP contribution >= 0.6 is 0 Å². The van der Waals surface area contributed by atoms with Crippen LogP contribution in [0.15, 0.2) is 42.6 Å². The van der Waals surface area contributed by atoms with Gasteiger partial charge in [0.1, 0.15) is 5.69 Å². The highest BCUT2D eigenvalue weighted by Crippen LogP contribution is 2.16. The number of hydrogen-bond acceptors (Lipinski definition) is 5. The van der Waals surface area contributed by atoms with Crippen molar-refractivity contribution in [1.29, 1.82) is 0 Å². The van der Waals surface area contributed by atoms with Gasteiger partial charge in [0.25, 0.3) is 11.8 Å².